The molecule has 0 saturated heterocycles. The smallest absolute Gasteiger partial charge is 0.223 e. The molecule has 1 aliphatic carbocycles. The Bertz CT molecular complexity index is 389. The molecule has 1 aromatic rings. The maximum Gasteiger partial charge on any atom is 0.223 e. The minimum absolute atomic E-state index is 0.211. The number of ether oxygens (including phenoxy) is 1. The van der Waals surface area contributed by atoms with E-state index in [1.54, 1.807) is 0 Å². The normalized spacial score (nSPS) is 26.0. The molecule has 5 nitrogen and oxygen atoms in total. The zero-order valence-corrected chi connectivity index (χ0v) is 11.7. The van der Waals surface area contributed by atoms with E-state index in [4.69, 9.17) is 9.26 Å². The summed E-state index contributed by atoms with van der Waals surface area (Å²) < 4.78 is 10.7. The topological polar surface area (TPSA) is 60.2 Å². The molecule has 0 spiro atoms. The molecule has 0 aliphatic heterocycles. The molecule has 0 bridgehead atoms. The van der Waals surface area contributed by atoms with Crippen molar-refractivity contribution in [2.45, 2.75) is 52.7 Å². The molecule has 2 atom stereocenters. The number of nitrogens with zero attached hydrogens (tertiary/aromatic N) is 2. The molecular weight excluding hydrogens is 230 g/mol. The highest BCUT2D eigenvalue weighted by Gasteiger charge is 2.48. The Morgan fingerprint density at radius 1 is 1.50 bits per heavy atom. The van der Waals surface area contributed by atoms with Gasteiger partial charge in [0.05, 0.1) is 6.10 Å². The number of nitrogens with one attached hydrogen (secondary N) is 1. The second-order valence-corrected chi connectivity index (χ2v) is 5.49. The van der Waals surface area contributed by atoms with E-state index in [1.807, 2.05) is 6.92 Å². The molecule has 1 fully saturated rings. The van der Waals surface area contributed by atoms with Gasteiger partial charge in [-0.05, 0) is 13.3 Å². The molecule has 0 aromatic carbocycles. The van der Waals surface area contributed by atoms with E-state index < -0.39 is 0 Å². The number of rotatable bonds is 6. The Kier molecular flexibility index (Phi) is 4.02. The van der Waals surface area contributed by atoms with E-state index in [1.165, 1.54) is 0 Å². The predicted octanol–water partition coefficient (Wildman–Crippen LogP) is 1.71. The minimum Gasteiger partial charge on any atom is -0.378 e. The lowest BCUT2D eigenvalue weighted by atomic mass is 9.64. The molecule has 0 radical (unpaired) electrons. The Morgan fingerprint density at radius 2 is 2.28 bits per heavy atom. The molecule has 1 aliphatic rings. The molecule has 1 heterocycles. The number of aryl methyl sites for hydroxylation is 1. The van der Waals surface area contributed by atoms with Crippen molar-refractivity contribution in [3.63, 3.8) is 0 Å². The van der Waals surface area contributed by atoms with E-state index in [-0.39, 0.29) is 5.41 Å². The summed E-state index contributed by atoms with van der Waals surface area (Å²) in [6, 6.07) is 0.516. The minimum atomic E-state index is 0.211. The van der Waals surface area contributed by atoms with Crippen molar-refractivity contribution in [3.8, 4) is 0 Å². The van der Waals surface area contributed by atoms with Gasteiger partial charge in [-0.25, -0.2) is 0 Å². The number of hydrogen-bond donors (Lipinski definition) is 1. The summed E-state index contributed by atoms with van der Waals surface area (Å²) in [6.45, 7) is 10.1. The summed E-state index contributed by atoms with van der Waals surface area (Å²) in [4.78, 5) is 4.19. The van der Waals surface area contributed by atoms with Crippen LogP contribution in [0.5, 0.6) is 0 Å². The lowest BCUT2D eigenvalue weighted by Gasteiger charge is -2.52. The third-order valence-corrected chi connectivity index (χ3v) is 3.85. The Morgan fingerprint density at radius 3 is 2.83 bits per heavy atom. The van der Waals surface area contributed by atoms with Crippen LogP contribution >= 0.6 is 0 Å². The van der Waals surface area contributed by atoms with Gasteiger partial charge in [-0.1, -0.05) is 19.0 Å². The Labute approximate surface area is 108 Å². The molecule has 2 unspecified atom stereocenters. The van der Waals surface area contributed by atoms with Crippen molar-refractivity contribution in [1.82, 2.24) is 15.5 Å². The summed E-state index contributed by atoms with van der Waals surface area (Å²) in [7, 11) is 0. The van der Waals surface area contributed by atoms with Gasteiger partial charge in [0.2, 0.25) is 5.89 Å². The highest BCUT2D eigenvalue weighted by atomic mass is 16.5. The van der Waals surface area contributed by atoms with Crippen LogP contribution in [0.1, 0.15) is 38.9 Å². The SMILES string of the molecule is CCOC1CC(NCCc2noc(C)n2)C1(C)C. The van der Waals surface area contributed by atoms with Crippen LogP contribution in [-0.4, -0.2) is 35.4 Å². The second kappa shape index (κ2) is 5.36. The molecule has 2 rings (SSSR count). The monoisotopic (exact) mass is 253 g/mol. The van der Waals surface area contributed by atoms with E-state index in [0.717, 1.165) is 31.8 Å². The number of hydrogen-bond acceptors (Lipinski definition) is 5. The largest absolute Gasteiger partial charge is 0.378 e. The third-order valence-electron chi connectivity index (χ3n) is 3.85. The van der Waals surface area contributed by atoms with Gasteiger partial charge < -0.3 is 14.6 Å². The van der Waals surface area contributed by atoms with Gasteiger partial charge in [0.1, 0.15) is 0 Å². The van der Waals surface area contributed by atoms with Crippen molar-refractivity contribution in [1.29, 1.82) is 0 Å². The van der Waals surface area contributed by atoms with E-state index >= 15 is 0 Å². The summed E-state index contributed by atoms with van der Waals surface area (Å²) >= 11 is 0. The Hall–Kier alpha value is -0.940. The molecule has 1 aromatic heterocycles. The maximum atomic E-state index is 5.71. The summed E-state index contributed by atoms with van der Waals surface area (Å²) in [5.41, 5.74) is 0.211. The first-order valence-electron chi connectivity index (χ1n) is 6.68. The fourth-order valence-electron chi connectivity index (χ4n) is 2.52. The lowest BCUT2D eigenvalue weighted by molar-refractivity contribution is -0.113. The highest BCUT2D eigenvalue weighted by Crippen LogP contribution is 2.42. The van der Waals surface area contributed by atoms with Crippen LogP contribution in [0.2, 0.25) is 0 Å². The quantitative estimate of drug-likeness (QED) is 0.836. The van der Waals surface area contributed by atoms with Crippen LogP contribution in [0.4, 0.5) is 0 Å². The average molecular weight is 253 g/mol. The zero-order valence-electron chi connectivity index (χ0n) is 11.7. The first-order chi connectivity index (χ1) is 8.54. The van der Waals surface area contributed by atoms with E-state index in [2.05, 4.69) is 36.2 Å². The zero-order chi connectivity index (χ0) is 13.2. The van der Waals surface area contributed by atoms with Gasteiger partial charge in [0.25, 0.3) is 0 Å². The molecule has 0 amide bonds. The van der Waals surface area contributed by atoms with E-state index in [9.17, 15) is 0 Å². The van der Waals surface area contributed by atoms with Crippen LogP contribution in [0.25, 0.3) is 0 Å². The first-order valence-corrected chi connectivity index (χ1v) is 6.68. The Balaban J connectivity index is 1.72. The van der Waals surface area contributed by atoms with Crippen LogP contribution < -0.4 is 5.32 Å². The van der Waals surface area contributed by atoms with Gasteiger partial charge >= 0.3 is 0 Å². The molecule has 1 N–H and O–H groups in total. The van der Waals surface area contributed by atoms with Gasteiger partial charge in [0, 0.05) is 38.0 Å². The van der Waals surface area contributed by atoms with Gasteiger partial charge in [-0.2, -0.15) is 4.98 Å². The molecule has 18 heavy (non-hydrogen) atoms. The summed E-state index contributed by atoms with van der Waals surface area (Å²) in [5.74, 6) is 1.41. The standard InChI is InChI=1S/C13H23N3O2/c1-5-17-11-8-10(13(11,3)4)14-7-6-12-15-9(2)18-16-12/h10-11,14H,5-8H2,1-4H3. The molecule has 5 heteroatoms. The predicted molar refractivity (Wildman–Crippen MR) is 68.3 cm³/mol. The van der Waals surface area contributed by atoms with Crippen molar-refractivity contribution in [3.05, 3.63) is 11.7 Å². The van der Waals surface area contributed by atoms with Crippen LogP contribution in [-0.2, 0) is 11.2 Å². The van der Waals surface area contributed by atoms with Crippen LogP contribution in [0.15, 0.2) is 4.52 Å². The molecule has 102 valence electrons. The maximum absolute atomic E-state index is 5.71. The van der Waals surface area contributed by atoms with Crippen LogP contribution in [0, 0.1) is 12.3 Å². The summed E-state index contributed by atoms with van der Waals surface area (Å²) in [5, 5.41) is 7.44. The fourth-order valence-corrected chi connectivity index (χ4v) is 2.52. The van der Waals surface area contributed by atoms with Gasteiger partial charge in [-0.3, -0.25) is 0 Å². The van der Waals surface area contributed by atoms with Crippen LogP contribution in [0.3, 0.4) is 0 Å². The van der Waals surface area contributed by atoms with Gasteiger partial charge in [0.15, 0.2) is 5.82 Å². The van der Waals surface area contributed by atoms with Crippen molar-refractivity contribution < 1.29 is 9.26 Å². The van der Waals surface area contributed by atoms with E-state index in [0.29, 0.717) is 18.0 Å². The third kappa shape index (κ3) is 2.72. The molecule has 1 saturated carbocycles. The lowest BCUT2D eigenvalue weighted by Crippen LogP contribution is -2.61. The van der Waals surface area contributed by atoms with Crippen molar-refractivity contribution >= 4 is 0 Å². The number of aromatic nitrogens is 2. The van der Waals surface area contributed by atoms with Crippen molar-refractivity contribution in [2.24, 2.45) is 5.41 Å². The van der Waals surface area contributed by atoms with Crippen molar-refractivity contribution in [2.75, 3.05) is 13.2 Å². The average Bonchev–Trinajstić information content (AvgIpc) is 2.73. The second-order valence-electron chi connectivity index (χ2n) is 5.49. The summed E-state index contributed by atoms with van der Waals surface area (Å²) in [6.07, 6.45) is 2.28. The highest BCUT2D eigenvalue weighted by molar-refractivity contribution is 5.03. The first kappa shape index (κ1) is 13.5. The fraction of sp³-hybridized carbons (Fsp3) is 0.846. The van der Waals surface area contributed by atoms with Gasteiger partial charge in [-0.15, -0.1) is 0 Å². The molecular formula is C13H23N3O2.